The number of aryl methyl sites for hydroxylation is 1. The normalized spacial score (nSPS) is 21.7. The number of para-hydroxylation sites is 1. The Balaban J connectivity index is 1.18. The van der Waals surface area contributed by atoms with Crippen LogP contribution < -0.4 is 0 Å². The minimum absolute atomic E-state index is 0.0397. The summed E-state index contributed by atoms with van der Waals surface area (Å²) < 4.78 is 8.83. The van der Waals surface area contributed by atoms with Crippen LogP contribution in [0.5, 0.6) is 0 Å². The topological polar surface area (TPSA) is 110 Å². The quantitative estimate of drug-likeness (QED) is 0.263. The van der Waals surface area contributed by atoms with Gasteiger partial charge in [-0.05, 0) is 75.3 Å². The van der Waals surface area contributed by atoms with E-state index in [4.69, 9.17) is 32.9 Å². The Kier molecular flexibility index (Phi) is 6.68. The Morgan fingerprint density at radius 3 is 2.55 bits per heavy atom. The van der Waals surface area contributed by atoms with Gasteiger partial charge in [0.05, 0.1) is 49.9 Å². The summed E-state index contributed by atoms with van der Waals surface area (Å²) >= 11 is 14.3. The van der Waals surface area contributed by atoms with Gasteiger partial charge >= 0.3 is 5.97 Å². The third-order valence-electron chi connectivity index (χ3n) is 7.45. The van der Waals surface area contributed by atoms with E-state index in [1.807, 2.05) is 6.92 Å². The van der Waals surface area contributed by atoms with Gasteiger partial charge in [0.15, 0.2) is 0 Å². The number of nitrogens with zero attached hydrogens (tertiary/aromatic N) is 4. The molecule has 0 amide bonds. The number of hydrogen-bond acceptors (Lipinski definition) is 7. The lowest BCUT2D eigenvalue weighted by Gasteiger charge is -2.34. The first-order chi connectivity index (χ1) is 18.2. The van der Waals surface area contributed by atoms with Gasteiger partial charge in [0.25, 0.3) is 0 Å². The average molecular weight is 574 g/mol. The van der Waals surface area contributed by atoms with Crippen LogP contribution in [-0.2, 0) is 16.9 Å². The number of halogens is 2. The Hall–Kier alpha value is -2.56. The Bertz CT molecular complexity index is 1520. The molecule has 2 saturated carbocycles. The van der Waals surface area contributed by atoms with Crippen LogP contribution in [0.25, 0.3) is 15.9 Å². The Labute approximate surface area is 233 Å². The van der Waals surface area contributed by atoms with Gasteiger partial charge in [0.2, 0.25) is 0 Å². The number of ether oxygens (including phenoxy) is 1. The summed E-state index contributed by atoms with van der Waals surface area (Å²) in [6.45, 7) is 2.17. The number of aliphatic hydroxyl groups is 1. The number of aromatic carboxylic acids is 1. The smallest absolute Gasteiger partial charge is 0.335 e. The SMILES string of the molecule is Cc1cc(C(=O)O)cc2sc(C3(O)CCC(OCc4c(C5CC5)nnn4-c4c(Cl)cccc4Cl)CC3)nc12. The van der Waals surface area contributed by atoms with Crippen LogP contribution in [0.2, 0.25) is 10.0 Å². The fraction of sp³-hybridized carbons (Fsp3) is 0.407. The van der Waals surface area contributed by atoms with Gasteiger partial charge in [-0.2, -0.15) is 0 Å². The number of hydrogen-bond donors (Lipinski definition) is 2. The molecule has 0 spiro atoms. The van der Waals surface area contributed by atoms with Gasteiger partial charge in [-0.15, -0.1) is 16.4 Å². The van der Waals surface area contributed by atoms with E-state index in [2.05, 4.69) is 10.3 Å². The number of carboxylic acid groups (broad SMARTS) is 1. The first kappa shape index (κ1) is 25.7. The van der Waals surface area contributed by atoms with Crippen molar-refractivity contribution in [2.24, 2.45) is 0 Å². The average Bonchev–Trinajstić information content (AvgIpc) is 3.48. The maximum absolute atomic E-state index is 11.5. The summed E-state index contributed by atoms with van der Waals surface area (Å²) in [6.07, 6.45) is 4.46. The molecule has 6 rings (SSSR count). The third-order valence-corrected chi connectivity index (χ3v) is 9.26. The summed E-state index contributed by atoms with van der Waals surface area (Å²) in [5.74, 6) is -0.594. The minimum atomic E-state index is -1.06. The van der Waals surface area contributed by atoms with E-state index in [1.54, 1.807) is 35.0 Å². The van der Waals surface area contributed by atoms with E-state index < -0.39 is 11.6 Å². The van der Waals surface area contributed by atoms with Gasteiger partial charge in [0, 0.05) is 5.92 Å². The van der Waals surface area contributed by atoms with Crippen molar-refractivity contribution in [3.05, 3.63) is 67.9 Å². The number of carboxylic acids is 1. The lowest BCUT2D eigenvalue weighted by molar-refractivity contribution is -0.0648. The fourth-order valence-corrected chi connectivity index (χ4v) is 6.94. The van der Waals surface area contributed by atoms with E-state index in [0.717, 1.165) is 40.0 Å². The molecule has 2 aromatic carbocycles. The monoisotopic (exact) mass is 572 g/mol. The predicted octanol–water partition coefficient (Wildman–Crippen LogP) is 6.41. The molecule has 11 heteroatoms. The van der Waals surface area contributed by atoms with E-state index in [0.29, 0.717) is 58.9 Å². The number of aromatic nitrogens is 4. The van der Waals surface area contributed by atoms with Crippen molar-refractivity contribution < 1.29 is 19.7 Å². The first-order valence-electron chi connectivity index (χ1n) is 12.6. The van der Waals surface area contributed by atoms with Crippen LogP contribution in [-0.4, -0.2) is 42.3 Å². The van der Waals surface area contributed by atoms with Crippen molar-refractivity contribution in [3.8, 4) is 5.69 Å². The van der Waals surface area contributed by atoms with Crippen LogP contribution in [0.3, 0.4) is 0 Å². The van der Waals surface area contributed by atoms with Crippen molar-refractivity contribution >= 4 is 50.7 Å². The molecular weight excluding hydrogens is 547 g/mol. The standard InChI is InChI=1S/C27H26Cl2N4O4S/c1-14-11-16(25(34)35)12-21-22(14)30-26(38-21)27(36)9-7-17(8-10-27)37-13-20-23(15-5-6-15)31-32-33(20)24-18(28)3-2-4-19(24)29/h2-4,11-12,15,17,36H,5-10,13H2,1H3,(H,34,35). The zero-order valence-corrected chi connectivity index (χ0v) is 23.0. The number of rotatable bonds is 7. The van der Waals surface area contributed by atoms with Gasteiger partial charge in [-0.3, -0.25) is 0 Å². The van der Waals surface area contributed by atoms with Crippen LogP contribution in [0.4, 0.5) is 0 Å². The van der Waals surface area contributed by atoms with Crippen molar-refractivity contribution in [2.75, 3.05) is 0 Å². The highest BCUT2D eigenvalue weighted by molar-refractivity contribution is 7.18. The first-order valence-corrected chi connectivity index (χ1v) is 14.2. The zero-order chi connectivity index (χ0) is 26.6. The zero-order valence-electron chi connectivity index (χ0n) is 20.7. The van der Waals surface area contributed by atoms with Gasteiger partial charge in [-0.1, -0.05) is 34.5 Å². The van der Waals surface area contributed by atoms with Crippen LogP contribution >= 0.6 is 34.5 Å². The summed E-state index contributed by atoms with van der Waals surface area (Å²) in [4.78, 5) is 16.2. The predicted molar refractivity (Wildman–Crippen MR) is 146 cm³/mol. The van der Waals surface area contributed by atoms with Crippen molar-refractivity contribution in [3.63, 3.8) is 0 Å². The molecule has 38 heavy (non-hydrogen) atoms. The maximum atomic E-state index is 11.5. The molecule has 198 valence electrons. The van der Waals surface area contributed by atoms with Gasteiger partial charge in [0.1, 0.15) is 16.3 Å². The number of fused-ring (bicyclic) bond motifs is 1. The summed E-state index contributed by atoms with van der Waals surface area (Å²) in [5, 5.41) is 31.3. The highest BCUT2D eigenvalue weighted by Crippen LogP contribution is 2.44. The molecule has 8 nitrogen and oxygen atoms in total. The van der Waals surface area contributed by atoms with Gasteiger partial charge in [-0.25, -0.2) is 14.5 Å². The van der Waals surface area contributed by atoms with Gasteiger partial charge < -0.3 is 14.9 Å². The van der Waals surface area contributed by atoms with E-state index >= 15 is 0 Å². The van der Waals surface area contributed by atoms with E-state index in [9.17, 15) is 15.0 Å². The summed E-state index contributed by atoms with van der Waals surface area (Å²) in [6, 6.07) is 8.60. The van der Waals surface area contributed by atoms with Crippen LogP contribution in [0.1, 0.15) is 76.8 Å². The third kappa shape index (κ3) is 4.71. The van der Waals surface area contributed by atoms with Crippen LogP contribution in [0, 0.1) is 6.92 Å². The minimum Gasteiger partial charge on any atom is -0.478 e. The molecule has 2 heterocycles. The lowest BCUT2D eigenvalue weighted by Crippen LogP contribution is -2.34. The number of carbonyl (C=O) groups is 1. The second-order valence-electron chi connectivity index (χ2n) is 10.2. The molecule has 0 bridgehead atoms. The molecule has 2 aromatic heterocycles. The Morgan fingerprint density at radius 1 is 1.18 bits per heavy atom. The molecule has 2 N–H and O–H groups in total. The van der Waals surface area contributed by atoms with Crippen molar-refractivity contribution in [1.82, 2.24) is 20.0 Å². The van der Waals surface area contributed by atoms with E-state index in [-0.39, 0.29) is 11.7 Å². The lowest BCUT2D eigenvalue weighted by atomic mass is 9.83. The Morgan fingerprint density at radius 2 is 1.89 bits per heavy atom. The largest absolute Gasteiger partial charge is 0.478 e. The molecule has 0 unspecified atom stereocenters. The second-order valence-corrected chi connectivity index (χ2v) is 12.0. The molecule has 2 aliphatic rings. The summed E-state index contributed by atoms with van der Waals surface area (Å²) in [7, 11) is 0. The van der Waals surface area contributed by atoms with Crippen LogP contribution in [0.15, 0.2) is 30.3 Å². The molecule has 2 aliphatic carbocycles. The van der Waals surface area contributed by atoms with E-state index in [1.165, 1.54) is 11.3 Å². The molecular formula is C27H26Cl2N4O4S. The number of benzene rings is 2. The van der Waals surface area contributed by atoms with Crippen molar-refractivity contribution in [1.29, 1.82) is 0 Å². The molecule has 0 saturated heterocycles. The molecule has 0 atom stereocenters. The summed E-state index contributed by atoms with van der Waals surface area (Å²) in [5.41, 5.74) is 3.09. The molecule has 0 radical (unpaired) electrons. The molecule has 2 fully saturated rings. The molecule has 0 aliphatic heterocycles. The maximum Gasteiger partial charge on any atom is 0.335 e. The second kappa shape index (κ2) is 9.88. The van der Waals surface area contributed by atoms with Crippen molar-refractivity contribution in [2.45, 2.75) is 69.7 Å². The fourth-order valence-electron chi connectivity index (χ4n) is 5.16. The number of thiazole rings is 1. The highest BCUT2D eigenvalue weighted by Gasteiger charge is 2.39. The highest BCUT2D eigenvalue weighted by atomic mass is 35.5. The molecule has 4 aromatic rings.